The minimum atomic E-state index is 0.0918. The molecule has 2 heterocycles. The highest BCUT2D eigenvalue weighted by atomic mass is 16.2. The maximum Gasteiger partial charge on any atom is 0.225 e. The van der Waals surface area contributed by atoms with E-state index in [1.807, 2.05) is 29.2 Å². The van der Waals surface area contributed by atoms with Crippen molar-refractivity contribution in [2.75, 3.05) is 31.9 Å². The summed E-state index contributed by atoms with van der Waals surface area (Å²) in [6.45, 7) is 5.42. The number of benzene rings is 1. The molecule has 5 nitrogen and oxygen atoms in total. The first-order valence-corrected chi connectivity index (χ1v) is 9.94. The molecule has 0 radical (unpaired) electrons. The van der Waals surface area contributed by atoms with Crippen molar-refractivity contribution in [2.45, 2.75) is 45.4 Å². The van der Waals surface area contributed by atoms with Gasteiger partial charge in [0.1, 0.15) is 0 Å². The van der Waals surface area contributed by atoms with Crippen molar-refractivity contribution in [1.29, 1.82) is 0 Å². The number of nitrogens with zero attached hydrogens (tertiary/aromatic N) is 2. The van der Waals surface area contributed by atoms with Crippen molar-refractivity contribution in [1.82, 2.24) is 9.80 Å². The van der Waals surface area contributed by atoms with E-state index in [1.165, 1.54) is 6.42 Å². The van der Waals surface area contributed by atoms with E-state index in [9.17, 15) is 9.59 Å². The second-order valence-corrected chi connectivity index (χ2v) is 7.89. The summed E-state index contributed by atoms with van der Waals surface area (Å²) in [5.74, 6) is 1.18. The molecule has 0 aromatic heterocycles. The third-order valence-electron chi connectivity index (χ3n) is 5.83. The summed E-state index contributed by atoms with van der Waals surface area (Å²) in [5, 5.41) is 0. The van der Waals surface area contributed by atoms with Gasteiger partial charge in [-0.25, -0.2) is 0 Å². The van der Waals surface area contributed by atoms with E-state index in [0.29, 0.717) is 37.8 Å². The first kappa shape index (κ1) is 18.7. The lowest BCUT2D eigenvalue weighted by molar-refractivity contribution is -0.142. The Morgan fingerprint density at radius 1 is 1.08 bits per heavy atom. The Labute approximate surface area is 156 Å². The van der Waals surface area contributed by atoms with Crippen LogP contribution in [0.15, 0.2) is 24.3 Å². The number of para-hydroxylation sites is 1. The maximum absolute atomic E-state index is 12.7. The van der Waals surface area contributed by atoms with E-state index in [0.717, 1.165) is 43.6 Å². The van der Waals surface area contributed by atoms with Crippen LogP contribution in [0.1, 0.15) is 44.6 Å². The molecule has 1 aromatic carbocycles. The fourth-order valence-electron chi connectivity index (χ4n) is 4.19. The molecule has 5 heteroatoms. The van der Waals surface area contributed by atoms with E-state index in [4.69, 9.17) is 5.73 Å². The number of anilines is 1. The quantitative estimate of drug-likeness (QED) is 0.843. The van der Waals surface area contributed by atoms with Gasteiger partial charge in [0.15, 0.2) is 0 Å². The van der Waals surface area contributed by atoms with E-state index < -0.39 is 0 Å². The van der Waals surface area contributed by atoms with Crippen molar-refractivity contribution >= 4 is 17.5 Å². The second kappa shape index (κ2) is 8.56. The monoisotopic (exact) mass is 357 g/mol. The number of nitrogen functional groups attached to an aromatic ring is 1. The zero-order valence-electron chi connectivity index (χ0n) is 15.8. The van der Waals surface area contributed by atoms with Crippen molar-refractivity contribution in [2.24, 2.45) is 11.8 Å². The van der Waals surface area contributed by atoms with Crippen molar-refractivity contribution in [3.05, 3.63) is 29.8 Å². The summed E-state index contributed by atoms with van der Waals surface area (Å²) in [6.07, 6.45) is 5.09. The fraction of sp³-hybridized carbons (Fsp3) is 0.619. The highest BCUT2D eigenvalue weighted by molar-refractivity contribution is 5.80. The molecule has 0 bridgehead atoms. The van der Waals surface area contributed by atoms with Crippen molar-refractivity contribution in [3.8, 4) is 0 Å². The lowest BCUT2D eigenvalue weighted by atomic mass is 9.92. The highest BCUT2D eigenvalue weighted by Gasteiger charge is 2.31. The Morgan fingerprint density at radius 3 is 2.50 bits per heavy atom. The molecule has 1 aromatic rings. The normalized spacial score (nSPS) is 21.7. The van der Waals surface area contributed by atoms with Crippen LogP contribution in [0, 0.1) is 11.8 Å². The summed E-state index contributed by atoms with van der Waals surface area (Å²) in [5.41, 5.74) is 7.73. The first-order valence-electron chi connectivity index (χ1n) is 9.94. The van der Waals surface area contributed by atoms with Gasteiger partial charge in [0.2, 0.25) is 11.8 Å². The number of rotatable bonds is 4. The molecule has 0 aliphatic carbocycles. The van der Waals surface area contributed by atoms with E-state index in [2.05, 4.69) is 11.8 Å². The Hall–Kier alpha value is -2.04. The van der Waals surface area contributed by atoms with Gasteiger partial charge in [0.25, 0.3) is 0 Å². The average Bonchev–Trinajstić information content (AvgIpc) is 2.66. The number of carbonyl (C=O) groups is 2. The molecule has 0 saturated carbocycles. The summed E-state index contributed by atoms with van der Waals surface area (Å²) < 4.78 is 0. The van der Waals surface area contributed by atoms with Gasteiger partial charge in [-0.1, -0.05) is 25.1 Å². The molecule has 2 fully saturated rings. The SMILES string of the molecule is CC1CCCN(C(=O)C2CCN(C(=O)CCc3ccccc3N)CC2)C1. The fourth-order valence-corrected chi connectivity index (χ4v) is 4.19. The third kappa shape index (κ3) is 4.57. The Balaban J connectivity index is 1.45. The number of hydrogen-bond acceptors (Lipinski definition) is 3. The van der Waals surface area contributed by atoms with Crippen molar-refractivity contribution < 1.29 is 9.59 Å². The van der Waals surface area contributed by atoms with Crippen LogP contribution in [-0.4, -0.2) is 47.8 Å². The molecule has 2 amide bonds. The Morgan fingerprint density at radius 2 is 1.81 bits per heavy atom. The van der Waals surface area contributed by atoms with Crippen LogP contribution in [-0.2, 0) is 16.0 Å². The number of piperidine rings is 2. The molecule has 0 spiro atoms. The molecular weight excluding hydrogens is 326 g/mol. The number of aryl methyl sites for hydroxylation is 1. The van der Waals surface area contributed by atoms with Gasteiger partial charge < -0.3 is 15.5 Å². The minimum Gasteiger partial charge on any atom is -0.399 e. The number of carbonyl (C=O) groups excluding carboxylic acids is 2. The molecule has 1 atom stereocenters. The Kier molecular flexibility index (Phi) is 6.17. The summed E-state index contributed by atoms with van der Waals surface area (Å²) >= 11 is 0. The molecule has 2 aliphatic heterocycles. The summed E-state index contributed by atoms with van der Waals surface area (Å²) in [4.78, 5) is 29.2. The van der Waals surface area contributed by atoms with Crippen LogP contribution in [0.25, 0.3) is 0 Å². The van der Waals surface area contributed by atoms with E-state index in [-0.39, 0.29) is 11.8 Å². The largest absolute Gasteiger partial charge is 0.399 e. The zero-order chi connectivity index (χ0) is 18.5. The van der Waals surface area contributed by atoms with Gasteiger partial charge in [-0.3, -0.25) is 9.59 Å². The van der Waals surface area contributed by atoms with Gasteiger partial charge in [-0.2, -0.15) is 0 Å². The van der Waals surface area contributed by atoms with Crippen LogP contribution in [0.4, 0.5) is 5.69 Å². The van der Waals surface area contributed by atoms with Crippen molar-refractivity contribution in [3.63, 3.8) is 0 Å². The highest BCUT2D eigenvalue weighted by Crippen LogP contribution is 2.24. The lowest BCUT2D eigenvalue weighted by Gasteiger charge is -2.37. The zero-order valence-corrected chi connectivity index (χ0v) is 15.8. The molecule has 142 valence electrons. The topological polar surface area (TPSA) is 66.6 Å². The van der Waals surface area contributed by atoms with Crippen LogP contribution in [0.5, 0.6) is 0 Å². The number of hydrogen-bond donors (Lipinski definition) is 1. The predicted molar refractivity (Wildman–Crippen MR) is 103 cm³/mol. The van der Waals surface area contributed by atoms with Crippen LogP contribution >= 0.6 is 0 Å². The van der Waals surface area contributed by atoms with Gasteiger partial charge in [-0.05, 0) is 49.7 Å². The summed E-state index contributed by atoms with van der Waals surface area (Å²) in [6, 6.07) is 7.71. The van der Waals surface area contributed by atoms with Gasteiger partial charge in [0.05, 0.1) is 0 Å². The molecule has 3 rings (SSSR count). The van der Waals surface area contributed by atoms with Crippen LogP contribution in [0.3, 0.4) is 0 Å². The standard InChI is InChI=1S/C21H31N3O2/c1-16-5-4-12-24(15-16)21(26)18-10-13-23(14-11-18)20(25)9-8-17-6-2-3-7-19(17)22/h2-3,6-7,16,18H,4-5,8-15,22H2,1H3. The summed E-state index contributed by atoms with van der Waals surface area (Å²) in [7, 11) is 0. The molecule has 2 aliphatic rings. The van der Waals surface area contributed by atoms with E-state index >= 15 is 0 Å². The molecule has 2 N–H and O–H groups in total. The maximum atomic E-state index is 12.7. The molecule has 26 heavy (non-hydrogen) atoms. The third-order valence-corrected chi connectivity index (χ3v) is 5.83. The molecule has 1 unspecified atom stereocenters. The van der Waals surface area contributed by atoms with Crippen LogP contribution < -0.4 is 5.73 Å². The molecular formula is C21H31N3O2. The van der Waals surface area contributed by atoms with Crippen LogP contribution in [0.2, 0.25) is 0 Å². The minimum absolute atomic E-state index is 0.0918. The second-order valence-electron chi connectivity index (χ2n) is 7.89. The predicted octanol–water partition coefficient (Wildman–Crippen LogP) is 2.70. The Bertz CT molecular complexity index is 638. The lowest BCUT2D eigenvalue weighted by Crippen LogP contribution is -2.47. The van der Waals surface area contributed by atoms with E-state index in [1.54, 1.807) is 0 Å². The molecule has 2 saturated heterocycles. The van der Waals surface area contributed by atoms with Gasteiger partial charge in [0, 0.05) is 44.2 Å². The number of amides is 2. The number of nitrogens with two attached hydrogens (primary N) is 1. The number of likely N-dealkylation sites (tertiary alicyclic amines) is 2. The smallest absolute Gasteiger partial charge is 0.225 e. The van der Waals surface area contributed by atoms with Gasteiger partial charge >= 0.3 is 0 Å². The van der Waals surface area contributed by atoms with Gasteiger partial charge in [-0.15, -0.1) is 0 Å². The average molecular weight is 357 g/mol. The first-order chi connectivity index (χ1) is 12.5.